The van der Waals surface area contributed by atoms with Gasteiger partial charge in [0.25, 0.3) is 0 Å². The summed E-state index contributed by atoms with van der Waals surface area (Å²) in [6.45, 7) is 6.27. The van der Waals surface area contributed by atoms with Gasteiger partial charge in [0.1, 0.15) is 0 Å². The maximum Gasteiger partial charge on any atom is 0.230 e. The van der Waals surface area contributed by atoms with E-state index < -0.39 is 0 Å². The lowest BCUT2D eigenvalue weighted by Gasteiger charge is -2.10. The Morgan fingerprint density at radius 3 is 2.65 bits per heavy atom. The van der Waals surface area contributed by atoms with Crippen molar-refractivity contribution in [1.29, 1.82) is 0 Å². The van der Waals surface area contributed by atoms with Crippen LogP contribution in [0.4, 0.5) is 5.69 Å². The standard InChI is InChI=1S/C13H18N2OS/c1-9(2)17-11-5-4-10(8-14-11)15-12(16)13(3)6-7-13/h4-5,8-9H,6-7H2,1-3H3,(H,15,16). The molecule has 0 radical (unpaired) electrons. The Kier molecular flexibility index (Phi) is 3.43. The number of anilines is 1. The highest BCUT2D eigenvalue weighted by Crippen LogP contribution is 2.45. The molecule has 0 spiro atoms. The predicted octanol–water partition coefficient (Wildman–Crippen LogP) is 3.32. The van der Waals surface area contributed by atoms with Gasteiger partial charge < -0.3 is 5.32 Å². The number of aromatic nitrogens is 1. The molecule has 1 saturated carbocycles. The van der Waals surface area contributed by atoms with Crippen molar-refractivity contribution in [2.24, 2.45) is 5.41 Å². The molecule has 4 heteroatoms. The summed E-state index contributed by atoms with van der Waals surface area (Å²) >= 11 is 1.72. The van der Waals surface area contributed by atoms with Crippen molar-refractivity contribution in [3.05, 3.63) is 18.3 Å². The van der Waals surface area contributed by atoms with Crippen molar-refractivity contribution >= 4 is 23.4 Å². The second-order valence-electron chi connectivity index (χ2n) is 5.07. The molecule has 17 heavy (non-hydrogen) atoms. The van der Waals surface area contributed by atoms with Crippen molar-refractivity contribution in [2.45, 2.75) is 43.9 Å². The lowest BCUT2D eigenvalue weighted by molar-refractivity contribution is -0.120. The van der Waals surface area contributed by atoms with E-state index >= 15 is 0 Å². The van der Waals surface area contributed by atoms with E-state index in [0.717, 1.165) is 23.6 Å². The van der Waals surface area contributed by atoms with Gasteiger partial charge in [-0.1, -0.05) is 20.8 Å². The molecular formula is C13H18N2OS. The van der Waals surface area contributed by atoms with Crippen LogP contribution < -0.4 is 5.32 Å². The molecule has 0 atom stereocenters. The Labute approximate surface area is 106 Å². The van der Waals surface area contributed by atoms with Gasteiger partial charge in [0.2, 0.25) is 5.91 Å². The minimum Gasteiger partial charge on any atom is -0.324 e. The average Bonchev–Trinajstić information content (AvgIpc) is 3.00. The van der Waals surface area contributed by atoms with Gasteiger partial charge in [-0.05, 0) is 25.0 Å². The van der Waals surface area contributed by atoms with E-state index in [1.54, 1.807) is 18.0 Å². The maximum absolute atomic E-state index is 11.8. The van der Waals surface area contributed by atoms with Gasteiger partial charge in [0, 0.05) is 10.7 Å². The van der Waals surface area contributed by atoms with Gasteiger partial charge in [0.05, 0.1) is 16.9 Å². The van der Waals surface area contributed by atoms with Gasteiger partial charge in [0.15, 0.2) is 0 Å². The predicted molar refractivity (Wildman–Crippen MR) is 71.2 cm³/mol. The number of pyridine rings is 1. The zero-order valence-corrected chi connectivity index (χ0v) is 11.3. The Bertz CT molecular complexity index is 410. The molecule has 1 fully saturated rings. The van der Waals surface area contributed by atoms with Crippen LogP contribution in [0.1, 0.15) is 33.6 Å². The number of hydrogen-bond donors (Lipinski definition) is 1. The molecular weight excluding hydrogens is 232 g/mol. The zero-order chi connectivity index (χ0) is 12.5. The number of nitrogens with zero attached hydrogens (tertiary/aromatic N) is 1. The van der Waals surface area contributed by atoms with E-state index in [0.29, 0.717) is 5.25 Å². The summed E-state index contributed by atoms with van der Waals surface area (Å²) in [6, 6.07) is 3.87. The molecule has 3 nitrogen and oxygen atoms in total. The van der Waals surface area contributed by atoms with Crippen LogP contribution in [0.2, 0.25) is 0 Å². The van der Waals surface area contributed by atoms with Crippen molar-refractivity contribution in [2.75, 3.05) is 5.32 Å². The van der Waals surface area contributed by atoms with Crippen LogP contribution in [0.3, 0.4) is 0 Å². The topological polar surface area (TPSA) is 42.0 Å². The summed E-state index contributed by atoms with van der Waals surface area (Å²) in [5.41, 5.74) is 0.655. The van der Waals surface area contributed by atoms with Crippen molar-refractivity contribution < 1.29 is 4.79 Å². The molecule has 1 aliphatic carbocycles. The Morgan fingerprint density at radius 1 is 1.47 bits per heavy atom. The minimum absolute atomic E-state index is 0.114. The smallest absolute Gasteiger partial charge is 0.230 e. The van der Waals surface area contributed by atoms with Crippen molar-refractivity contribution in [3.8, 4) is 0 Å². The van der Waals surface area contributed by atoms with E-state index in [4.69, 9.17) is 0 Å². The third-order valence-electron chi connectivity index (χ3n) is 2.90. The minimum atomic E-state index is -0.134. The molecule has 1 aromatic heterocycles. The fourth-order valence-corrected chi connectivity index (χ4v) is 2.21. The van der Waals surface area contributed by atoms with E-state index in [1.165, 1.54) is 0 Å². The molecule has 1 aromatic rings. The lowest BCUT2D eigenvalue weighted by Crippen LogP contribution is -2.21. The molecule has 1 aliphatic rings. The van der Waals surface area contributed by atoms with Gasteiger partial charge in [-0.15, -0.1) is 11.8 Å². The van der Waals surface area contributed by atoms with Crippen molar-refractivity contribution in [1.82, 2.24) is 4.98 Å². The zero-order valence-electron chi connectivity index (χ0n) is 10.5. The SMILES string of the molecule is CC(C)Sc1ccc(NC(=O)C2(C)CC2)cn1. The average molecular weight is 250 g/mol. The molecule has 0 unspecified atom stereocenters. The second kappa shape index (κ2) is 4.69. The molecule has 2 rings (SSSR count). The first-order chi connectivity index (χ1) is 7.99. The number of nitrogens with one attached hydrogen (secondary N) is 1. The maximum atomic E-state index is 11.8. The van der Waals surface area contributed by atoms with Crippen LogP contribution in [0.25, 0.3) is 0 Å². The number of hydrogen-bond acceptors (Lipinski definition) is 3. The van der Waals surface area contributed by atoms with Crippen LogP contribution in [0.5, 0.6) is 0 Å². The summed E-state index contributed by atoms with van der Waals surface area (Å²) < 4.78 is 0. The van der Waals surface area contributed by atoms with Crippen LogP contribution in [-0.4, -0.2) is 16.1 Å². The Hall–Kier alpha value is -1.03. The van der Waals surface area contributed by atoms with E-state index in [1.807, 2.05) is 19.1 Å². The molecule has 1 heterocycles. The van der Waals surface area contributed by atoms with Gasteiger partial charge in [-0.25, -0.2) is 4.98 Å². The number of carbonyl (C=O) groups is 1. The molecule has 1 amide bonds. The fraction of sp³-hybridized carbons (Fsp3) is 0.538. The largest absolute Gasteiger partial charge is 0.324 e. The Balaban J connectivity index is 1.96. The number of carbonyl (C=O) groups excluding carboxylic acids is 1. The van der Waals surface area contributed by atoms with E-state index in [2.05, 4.69) is 24.1 Å². The highest BCUT2D eigenvalue weighted by atomic mass is 32.2. The third kappa shape index (κ3) is 3.22. The number of thioether (sulfide) groups is 1. The molecule has 0 aliphatic heterocycles. The molecule has 0 bridgehead atoms. The quantitative estimate of drug-likeness (QED) is 0.833. The number of rotatable bonds is 4. The van der Waals surface area contributed by atoms with Crippen LogP contribution in [0.15, 0.2) is 23.4 Å². The molecule has 0 aromatic carbocycles. The summed E-state index contributed by atoms with van der Waals surface area (Å²) in [4.78, 5) is 16.1. The monoisotopic (exact) mass is 250 g/mol. The van der Waals surface area contributed by atoms with Gasteiger partial charge in [-0.2, -0.15) is 0 Å². The highest BCUT2D eigenvalue weighted by molar-refractivity contribution is 7.99. The normalized spacial score (nSPS) is 16.9. The van der Waals surface area contributed by atoms with Crippen LogP contribution >= 0.6 is 11.8 Å². The summed E-state index contributed by atoms with van der Waals surface area (Å²) in [7, 11) is 0. The van der Waals surface area contributed by atoms with Crippen molar-refractivity contribution in [3.63, 3.8) is 0 Å². The highest BCUT2D eigenvalue weighted by Gasteiger charge is 2.44. The Morgan fingerprint density at radius 2 is 2.18 bits per heavy atom. The fourth-order valence-electron chi connectivity index (χ4n) is 1.46. The number of amides is 1. The summed E-state index contributed by atoms with van der Waals surface area (Å²) in [6.07, 6.45) is 3.72. The summed E-state index contributed by atoms with van der Waals surface area (Å²) in [5, 5.41) is 4.43. The third-order valence-corrected chi connectivity index (χ3v) is 3.85. The molecule has 0 saturated heterocycles. The van der Waals surface area contributed by atoms with Gasteiger partial charge >= 0.3 is 0 Å². The molecule has 92 valence electrons. The van der Waals surface area contributed by atoms with Crippen LogP contribution in [0, 0.1) is 5.41 Å². The first-order valence-corrected chi connectivity index (χ1v) is 6.82. The second-order valence-corrected chi connectivity index (χ2v) is 6.66. The van der Waals surface area contributed by atoms with E-state index in [-0.39, 0.29) is 11.3 Å². The first-order valence-electron chi connectivity index (χ1n) is 5.94. The van der Waals surface area contributed by atoms with Crippen LogP contribution in [-0.2, 0) is 4.79 Å². The lowest BCUT2D eigenvalue weighted by atomic mass is 10.1. The van der Waals surface area contributed by atoms with Gasteiger partial charge in [-0.3, -0.25) is 4.79 Å². The van der Waals surface area contributed by atoms with E-state index in [9.17, 15) is 4.79 Å². The molecule has 1 N–H and O–H groups in total. The summed E-state index contributed by atoms with van der Waals surface area (Å²) in [5.74, 6) is 0.114. The first kappa shape index (κ1) is 12.4.